The van der Waals surface area contributed by atoms with Crippen LogP contribution in [0.2, 0.25) is 0 Å². The highest BCUT2D eigenvalue weighted by molar-refractivity contribution is 5.92. The fourth-order valence-electron chi connectivity index (χ4n) is 3.01. The molecule has 0 radical (unpaired) electrons. The average Bonchev–Trinajstić information content (AvgIpc) is 3.03. The molecule has 0 saturated heterocycles. The van der Waals surface area contributed by atoms with Gasteiger partial charge in [-0.2, -0.15) is 5.10 Å². The Morgan fingerprint density at radius 1 is 1.12 bits per heavy atom. The minimum atomic E-state index is -0.485. The number of nitrogens with two attached hydrogens (primary N) is 1. The van der Waals surface area contributed by atoms with Crippen LogP contribution < -0.4 is 10.5 Å². The van der Waals surface area contributed by atoms with E-state index in [1.54, 1.807) is 10.7 Å². The van der Waals surface area contributed by atoms with E-state index < -0.39 is 5.91 Å². The second kappa shape index (κ2) is 7.44. The lowest BCUT2D eigenvalue weighted by Crippen LogP contribution is -2.18. The summed E-state index contributed by atoms with van der Waals surface area (Å²) in [5.74, 6) is 0.322. The van der Waals surface area contributed by atoms with Crippen molar-refractivity contribution in [2.75, 3.05) is 6.61 Å². The van der Waals surface area contributed by atoms with Crippen molar-refractivity contribution in [1.82, 2.24) is 9.78 Å². The summed E-state index contributed by atoms with van der Waals surface area (Å²) in [4.78, 5) is 11.9. The van der Waals surface area contributed by atoms with Gasteiger partial charge in [-0.3, -0.25) is 9.48 Å². The predicted octanol–water partition coefficient (Wildman–Crippen LogP) is 3.71. The lowest BCUT2D eigenvalue weighted by Gasteiger charge is -2.11. The second-order valence-electron chi connectivity index (χ2n) is 6.26. The van der Waals surface area contributed by atoms with Crippen LogP contribution in [0.5, 0.6) is 5.75 Å². The third-order valence-corrected chi connectivity index (χ3v) is 4.45. The van der Waals surface area contributed by atoms with Crippen molar-refractivity contribution in [3.05, 3.63) is 70.9 Å². The maximum atomic E-state index is 11.9. The Labute approximate surface area is 153 Å². The van der Waals surface area contributed by atoms with E-state index in [1.807, 2.05) is 37.3 Å². The number of hydrogen-bond acceptors (Lipinski definition) is 3. The Hall–Kier alpha value is -3.08. The number of carbonyl (C=O) groups is 1. The number of ether oxygens (including phenoxy) is 1. The number of rotatable bonds is 6. The van der Waals surface area contributed by atoms with Crippen molar-refractivity contribution in [3.8, 4) is 17.0 Å². The molecule has 0 aliphatic rings. The fourth-order valence-corrected chi connectivity index (χ4v) is 3.01. The molecule has 0 atom stereocenters. The van der Waals surface area contributed by atoms with Gasteiger partial charge in [0.25, 0.3) is 5.91 Å². The van der Waals surface area contributed by atoms with Gasteiger partial charge in [0, 0.05) is 5.56 Å². The second-order valence-corrected chi connectivity index (χ2v) is 6.26. The van der Waals surface area contributed by atoms with E-state index in [0.29, 0.717) is 24.5 Å². The van der Waals surface area contributed by atoms with E-state index in [1.165, 1.54) is 11.1 Å². The van der Waals surface area contributed by atoms with Gasteiger partial charge in [-0.15, -0.1) is 0 Å². The molecule has 5 nitrogen and oxygen atoms in total. The molecule has 134 valence electrons. The highest BCUT2D eigenvalue weighted by atomic mass is 16.5. The summed E-state index contributed by atoms with van der Waals surface area (Å²) in [5, 5.41) is 4.63. The standard InChI is InChI=1S/C21H23N3O2/c1-4-26-17-10-8-16(9-11-17)19-12-20(21(22)25)24(23-19)13-18-14(2)6-5-7-15(18)3/h5-12H,4,13H2,1-3H3,(H2,22,25). The maximum absolute atomic E-state index is 11.9. The number of primary amides is 1. The molecule has 0 aliphatic heterocycles. The number of aryl methyl sites for hydroxylation is 2. The van der Waals surface area contributed by atoms with E-state index in [9.17, 15) is 4.79 Å². The Bertz CT molecular complexity index is 907. The number of aromatic nitrogens is 2. The molecule has 26 heavy (non-hydrogen) atoms. The van der Waals surface area contributed by atoms with Crippen molar-refractivity contribution in [3.63, 3.8) is 0 Å². The first-order valence-corrected chi connectivity index (χ1v) is 8.65. The SMILES string of the molecule is CCOc1ccc(-c2cc(C(N)=O)n(Cc3c(C)cccc3C)n2)cc1. The minimum Gasteiger partial charge on any atom is -0.494 e. The largest absolute Gasteiger partial charge is 0.494 e. The molecule has 1 amide bonds. The van der Waals surface area contributed by atoms with Gasteiger partial charge in [-0.25, -0.2) is 0 Å². The first kappa shape index (κ1) is 17.7. The summed E-state index contributed by atoms with van der Waals surface area (Å²) < 4.78 is 7.15. The van der Waals surface area contributed by atoms with E-state index in [-0.39, 0.29) is 0 Å². The number of hydrogen-bond donors (Lipinski definition) is 1. The van der Waals surface area contributed by atoms with Crippen molar-refractivity contribution in [1.29, 1.82) is 0 Å². The third-order valence-electron chi connectivity index (χ3n) is 4.45. The molecule has 1 heterocycles. The summed E-state index contributed by atoms with van der Waals surface area (Å²) in [6.45, 7) is 7.19. The molecule has 0 saturated carbocycles. The highest BCUT2D eigenvalue weighted by Crippen LogP contribution is 2.24. The molecule has 0 unspecified atom stereocenters. The van der Waals surface area contributed by atoms with Crippen LogP contribution in [0.3, 0.4) is 0 Å². The molecule has 3 aromatic rings. The van der Waals surface area contributed by atoms with E-state index in [0.717, 1.165) is 16.9 Å². The van der Waals surface area contributed by atoms with Crippen LogP contribution in [0.15, 0.2) is 48.5 Å². The van der Waals surface area contributed by atoms with Gasteiger partial charge in [0.05, 0.1) is 18.8 Å². The van der Waals surface area contributed by atoms with Crippen LogP contribution in [-0.2, 0) is 6.54 Å². The van der Waals surface area contributed by atoms with Crippen molar-refractivity contribution >= 4 is 5.91 Å². The summed E-state index contributed by atoms with van der Waals surface area (Å²) in [6, 6.07) is 15.5. The smallest absolute Gasteiger partial charge is 0.267 e. The van der Waals surface area contributed by atoms with Crippen molar-refractivity contribution < 1.29 is 9.53 Å². The zero-order valence-corrected chi connectivity index (χ0v) is 15.3. The molecule has 2 N–H and O–H groups in total. The molecular weight excluding hydrogens is 326 g/mol. The number of carbonyl (C=O) groups excluding carboxylic acids is 1. The molecular formula is C21H23N3O2. The van der Waals surface area contributed by atoms with Crippen molar-refractivity contribution in [2.24, 2.45) is 5.73 Å². The lowest BCUT2D eigenvalue weighted by molar-refractivity contribution is 0.0990. The van der Waals surface area contributed by atoms with Gasteiger partial charge in [-0.05, 0) is 67.8 Å². The molecule has 1 aromatic heterocycles. The van der Waals surface area contributed by atoms with Crippen molar-refractivity contribution in [2.45, 2.75) is 27.3 Å². The fraction of sp³-hybridized carbons (Fsp3) is 0.238. The molecule has 0 spiro atoms. The quantitative estimate of drug-likeness (QED) is 0.737. The molecule has 0 aliphatic carbocycles. The van der Waals surface area contributed by atoms with Crippen LogP contribution in [0.25, 0.3) is 11.3 Å². The molecule has 0 bridgehead atoms. The summed E-state index contributed by atoms with van der Waals surface area (Å²) in [5.41, 5.74) is 11.1. The zero-order chi connectivity index (χ0) is 18.7. The minimum absolute atomic E-state index is 0.400. The Kier molecular flexibility index (Phi) is 5.07. The Morgan fingerprint density at radius 3 is 2.35 bits per heavy atom. The summed E-state index contributed by atoms with van der Waals surface area (Å²) in [7, 11) is 0. The van der Waals surface area contributed by atoms with E-state index >= 15 is 0 Å². The van der Waals surface area contributed by atoms with Gasteiger partial charge >= 0.3 is 0 Å². The Balaban J connectivity index is 1.97. The number of nitrogens with zero attached hydrogens (tertiary/aromatic N) is 2. The van der Waals surface area contributed by atoms with Crippen LogP contribution in [0.4, 0.5) is 0 Å². The summed E-state index contributed by atoms with van der Waals surface area (Å²) >= 11 is 0. The highest BCUT2D eigenvalue weighted by Gasteiger charge is 2.15. The topological polar surface area (TPSA) is 70.1 Å². The first-order valence-electron chi connectivity index (χ1n) is 8.65. The average molecular weight is 349 g/mol. The van der Waals surface area contributed by atoms with Crippen LogP contribution in [0.1, 0.15) is 34.1 Å². The summed E-state index contributed by atoms with van der Waals surface area (Å²) in [6.07, 6.45) is 0. The maximum Gasteiger partial charge on any atom is 0.267 e. The van der Waals surface area contributed by atoms with E-state index in [4.69, 9.17) is 10.5 Å². The molecule has 2 aromatic carbocycles. The van der Waals surface area contributed by atoms with Gasteiger partial charge < -0.3 is 10.5 Å². The molecule has 3 rings (SSSR count). The van der Waals surface area contributed by atoms with Crippen LogP contribution in [-0.4, -0.2) is 22.3 Å². The lowest BCUT2D eigenvalue weighted by atomic mass is 10.0. The van der Waals surface area contributed by atoms with Gasteiger partial charge in [0.1, 0.15) is 11.4 Å². The Morgan fingerprint density at radius 2 is 1.77 bits per heavy atom. The van der Waals surface area contributed by atoms with E-state index in [2.05, 4.69) is 31.1 Å². The van der Waals surface area contributed by atoms with Crippen LogP contribution >= 0.6 is 0 Å². The third kappa shape index (κ3) is 3.61. The first-order chi connectivity index (χ1) is 12.5. The molecule has 5 heteroatoms. The molecule has 0 fully saturated rings. The number of benzene rings is 2. The normalized spacial score (nSPS) is 10.7. The van der Waals surface area contributed by atoms with Gasteiger partial charge in [-0.1, -0.05) is 18.2 Å². The monoisotopic (exact) mass is 349 g/mol. The van der Waals surface area contributed by atoms with Gasteiger partial charge in [0.2, 0.25) is 0 Å². The van der Waals surface area contributed by atoms with Gasteiger partial charge in [0.15, 0.2) is 0 Å². The van der Waals surface area contributed by atoms with Crippen LogP contribution in [0, 0.1) is 13.8 Å². The zero-order valence-electron chi connectivity index (χ0n) is 15.3. The number of amides is 1. The predicted molar refractivity (Wildman–Crippen MR) is 102 cm³/mol.